The third kappa shape index (κ3) is 2.47. The maximum absolute atomic E-state index is 6.00. The number of nitrogen functional groups attached to an aromatic ring is 1. The van der Waals surface area contributed by atoms with Gasteiger partial charge in [-0.3, -0.25) is 0 Å². The first kappa shape index (κ1) is 12.2. The lowest BCUT2D eigenvalue weighted by atomic mass is 10.2. The van der Waals surface area contributed by atoms with Gasteiger partial charge in [-0.2, -0.15) is 4.37 Å². The lowest BCUT2D eigenvalue weighted by Gasteiger charge is -2.22. The largest absolute Gasteiger partial charge is 0.383 e. The number of rotatable bonds is 5. The van der Waals surface area contributed by atoms with Crippen molar-refractivity contribution in [3.8, 4) is 0 Å². The first-order chi connectivity index (χ1) is 8.75. The Hall–Kier alpha value is -0.810. The summed E-state index contributed by atoms with van der Waals surface area (Å²) in [7, 11) is 2.18. The molecule has 2 aliphatic rings. The summed E-state index contributed by atoms with van der Waals surface area (Å²) in [4.78, 5) is 4.90. The van der Waals surface area contributed by atoms with Crippen molar-refractivity contribution in [2.45, 2.75) is 31.6 Å². The average molecular weight is 266 g/mol. The summed E-state index contributed by atoms with van der Waals surface area (Å²) in [5, 5.41) is 1.30. The zero-order chi connectivity index (χ0) is 12.5. The normalized spacial score (nSPS) is 20.5. The van der Waals surface area contributed by atoms with Crippen LogP contribution in [0.3, 0.4) is 0 Å². The molecule has 0 radical (unpaired) electrons. The number of nitrogens with zero attached hydrogens (tertiary/aromatic N) is 3. The topological polar surface area (TPSA) is 45.4 Å². The van der Waals surface area contributed by atoms with E-state index in [1.165, 1.54) is 55.9 Å². The number of anilines is 2. The lowest BCUT2D eigenvalue weighted by Crippen LogP contribution is -2.31. The molecule has 0 spiro atoms. The van der Waals surface area contributed by atoms with Crippen molar-refractivity contribution in [1.29, 1.82) is 0 Å². The van der Waals surface area contributed by atoms with E-state index in [9.17, 15) is 0 Å². The first-order valence-electron chi connectivity index (χ1n) is 6.94. The second-order valence-corrected chi connectivity index (χ2v) is 6.28. The molecule has 0 amide bonds. The van der Waals surface area contributed by atoms with E-state index in [2.05, 4.69) is 21.2 Å². The molecule has 18 heavy (non-hydrogen) atoms. The van der Waals surface area contributed by atoms with Gasteiger partial charge in [0.2, 0.25) is 0 Å². The van der Waals surface area contributed by atoms with Gasteiger partial charge in [-0.15, -0.1) is 0 Å². The first-order valence-corrected chi connectivity index (χ1v) is 7.71. The number of hydrogen-bond acceptors (Lipinski definition) is 5. The molecule has 1 saturated heterocycles. The van der Waals surface area contributed by atoms with Gasteiger partial charge < -0.3 is 15.5 Å². The van der Waals surface area contributed by atoms with Crippen LogP contribution in [0.2, 0.25) is 0 Å². The maximum Gasteiger partial charge on any atom is 0.142 e. The van der Waals surface area contributed by atoms with E-state index in [4.69, 9.17) is 5.73 Å². The van der Waals surface area contributed by atoms with E-state index in [-0.39, 0.29) is 0 Å². The Morgan fingerprint density at radius 2 is 2.11 bits per heavy atom. The quantitative estimate of drug-likeness (QED) is 0.887. The van der Waals surface area contributed by atoms with Crippen LogP contribution in [0.1, 0.15) is 37.2 Å². The van der Waals surface area contributed by atoms with E-state index < -0.39 is 0 Å². The van der Waals surface area contributed by atoms with Gasteiger partial charge in [0, 0.05) is 25.7 Å². The summed E-state index contributed by atoms with van der Waals surface area (Å²) in [6.45, 7) is 4.79. The Balaban J connectivity index is 1.62. The smallest absolute Gasteiger partial charge is 0.142 e. The predicted octanol–water partition coefficient (Wildman–Crippen LogP) is 2.13. The molecular formula is C13H22N4S. The van der Waals surface area contributed by atoms with Gasteiger partial charge in [0.25, 0.3) is 0 Å². The Morgan fingerprint density at radius 3 is 2.78 bits per heavy atom. The summed E-state index contributed by atoms with van der Waals surface area (Å²) in [6, 6.07) is 0. The second kappa shape index (κ2) is 5.05. The van der Waals surface area contributed by atoms with Gasteiger partial charge in [-0.1, -0.05) is 0 Å². The minimum Gasteiger partial charge on any atom is -0.383 e. The van der Waals surface area contributed by atoms with Gasteiger partial charge in [-0.05, 0) is 56.2 Å². The molecular weight excluding hydrogens is 244 g/mol. The second-order valence-electron chi connectivity index (χ2n) is 5.53. The van der Waals surface area contributed by atoms with E-state index >= 15 is 0 Å². The molecule has 0 aromatic carbocycles. The van der Waals surface area contributed by atoms with Crippen molar-refractivity contribution in [3.05, 3.63) is 5.56 Å². The Labute approximate surface area is 113 Å². The maximum atomic E-state index is 6.00. The number of likely N-dealkylation sites (tertiary alicyclic amines) is 1. The lowest BCUT2D eigenvalue weighted by molar-refractivity contribution is 0.347. The third-order valence-corrected chi connectivity index (χ3v) is 5.01. The average Bonchev–Trinajstić information content (AvgIpc) is 2.91. The summed E-state index contributed by atoms with van der Waals surface area (Å²) >= 11 is 1.57. The summed E-state index contributed by atoms with van der Waals surface area (Å²) < 4.78 is 4.34. The molecule has 2 heterocycles. The van der Waals surface area contributed by atoms with Crippen molar-refractivity contribution >= 4 is 22.4 Å². The van der Waals surface area contributed by atoms with Crippen molar-refractivity contribution in [2.75, 3.05) is 43.9 Å². The van der Waals surface area contributed by atoms with Crippen LogP contribution in [0, 0.1) is 0 Å². The number of hydrogen-bond donors (Lipinski definition) is 1. The van der Waals surface area contributed by atoms with Crippen LogP contribution >= 0.6 is 11.5 Å². The van der Waals surface area contributed by atoms with Gasteiger partial charge in [-0.25, -0.2) is 0 Å². The van der Waals surface area contributed by atoms with Crippen LogP contribution in [-0.2, 0) is 0 Å². The SMILES string of the molecule is CN(CCN1CCCC1)c1snc(N)c1C1CC1. The molecule has 1 saturated carbocycles. The fourth-order valence-corrected chi connectivity index (χ4v) is 3.61. The molecule has 1 aromatic heterocycles. The predicted molar refractivity (Wildman–Crippen MR) is 77.4 cm³/mol. The van der Waals surface area contributed by atoms with Gasteiger partial charge in [0.15, 0.2) is 0 Å². The molecule has 4 nitrogen and oxygen atoms in total. The minimum absolute atomic E-state index is 0.688. The summed E-state index contributed by atoms with van der Waals surface area (Å²) in [5.41, 5.74) is 7.32. The summed E-state index contributed by atoms with van der Waals surface area (Å²) in [6.07, 6.45) is 5.31. The van der Waals surface area contributed by atoms with Crippen LogP contribution < -0.4 is 10.6 Å². The van der Waals surface area contributed by atoms with Crippen LogP contribution in [0.25, 0.3) is 0 Å². The third-order valence-electron chi connectivity index (χ3n) is 4.02. The molecule has 2 N–H and O–H groups in total. The van der Waals surface area contributed by atoms with Crippen LogP contribution in [0.4, 0.5) is 10.8 Å². The van der Waals surface area contributed by atoms with Gasteiger partial charge in [0.1, 0.15) is 10.8 Å². The molecule has 0 bridgehead atoms. The molecule has 1 aliphatic heterocycles. The molecule has 5 heteroatoms. The van der Waals surface area contributed by atoms with Gasteiger partial charge >= 0.3 is 0 Å². The van der Waals surface area contributed by atoms with Crippen molar-refractivity contribution in [2.24, 2.45) is 0 Å². The molecule has 0 atom stereocenters. The molecule has 100 valence electrons. The van der Waals surface area contributed by atoms with Crippen molar-refractivity contribution < 1.29 is 0 Å². The monoisotopic (exact) mass is 266 g/mol. The minimum atomic E-state index is 0.688. The molecule has 3 rings (SSSR count). The van der Waals surface area contributed by atoms with E-state index in [1.54, 1.807) is 11.5 Å². The fraction of sp³-hybridized carbons (Fsp3) is 0.769. The molecule has 1 aliphatic carbocycles. The highest BCUT2D eigenvalue weighted by atomic mass is 32.1. The van der Waals surface area contributed by atoms with E-state index in [0.717, 1.165) is 12.4 Å². The van der Waals surface area contributed by atoms with E-state index in [1.807, 2.05) is 0 Å². The molecule has 0 unspecified atom stereocenters. The Kier molecular flexibility index (Phi) is 3.43. The Bertz CT molecular complexity index is 407. The standard InChI is InChI=1S/C13H22N4S/c1-16(8-9-17-6-2-3-7-17)13-11(10-4-5-10)12(14)15-18-13/h10H,2-9H2,1H3,(H2,14,15). The highest BCUT2D eigenvalue weighted by molar-refractivity contribution is 7.10. The molecule has 2 fully saturated rings. The summed E-state index contributed by atoms with van der Waals surface area (Å²) in [5.74, 6) is 1.46. The van der Waals surface area contributed by atoms with Crippen molar-refractivity contribution in [3.63, 3.8) is 0 Å². The molecule has 1 aromatic rings. The number of nitrogens with two attached hydrogens (primary N) is 1. The van der Waals surface area contributed by atoms with Crippen LogP contribution in [0.15, 0.2) is 0 Å². The highest BCUT2D eigenvalue weighted by Gasteiger charge is 2.31. The highest BCUT2D eigenvalue weighted by Crippen LogP contribution is 2.48. The van der Waals surface area contributed by atoms with Crippen LogP contribution in [0.5, 0.6) is 0 Å². The number of likely N-dealkylation sites (N-methyl/N-ethyl adjacent to an activating group) is 1. The zero-order valence-electron chi connectivity index (χ0n) is 11.1. The van der Waals surface area contributed by atoms with E-state index in [0.29, 0.717) is 5.92 Å². The van der Waals surface area contributed by atoms with Gasteiger partial charge in [0.05, 0.1) is 0 Å². The number of aromatic nitrogens is 1. The Morgan fingerprint density at radius 1 is 1.39 bits per heavy atom. The zero-order valence-corrected chi connectivity index (χ0v) is 11.9. The van der Waals surface area contributed by atoms with Crippen LogP contribution in [-0.4, -0.2) is 42.5 Å². The fourth-order valence-electron chi connectivity index (χ4n) is 2.73. The van der Waals surface area contributed by atoms with Crippen molar-refractivity contribution in [1.82, 2.24) is 9.27 Å².